The molecule has 0 atom stereocenters. The quantitative estimate of drug-likeness (QED) is 0.824. The molecule has 1 amide bonds. The van der Waals surface area contributed by atoms with Crippen molar-refractivity contribution < 1.29 is 14.4 Å². The molecular formula is C22H30N3O2+. The van der Waals surface area contributed by atoms with Gasteiger partial charge >= 0.3 is 6.09 Å². The molecule has 1 aliphatic rings. The Labute approximate surface area is 161 Å². The Hall–Kier alpha value is -2.53. The number of benzene rings is 2. The summed E-state index contributed by atoms with van der Waals surface area (Å²) in [5.74, 6) is 0. The third-order valence-electron chi connectivity index (χ3n) is 4.90. The second-order valence-corrected chi connectivity index (χ2v) is 7.28. The monoisotopic (exact) mass is 368 g/mol. The largest absolute Gasteiger partial charge is 0.450 e. The number of aryl methyl sites for hydroxylation is 2. The Bertz CT molecular complexity index is 789. The highest BCUT2D eigenvalue weighted by atomic mass is 16.5. The van der Waals surface area contributed by atoms with Gasteiger partial charge in [-0.2, -0.15) is 0 Å². The Morgan fingerprint density at radius 3 is 2.59 bits per heavy atom. The van der Waals surface area contributed by atoms with E-state index in [9.17, 15) is 4.79 Å². The lowest BCUT2D eigenvalue weighted by atomic mass is 10.0. The highest BCUT2D eigenvalue weighted by molar-refractivity contribution is 5.86. The lowest BCUT2D eigenvalue weighted by molar-refractivity contribution is -0.858. The van der Waals surface area contributed by atoms with Crippen molar-refractivity contribution in [2.45, 2.75) is 26.2 Å². The van der Waals surface area contributed by atoms with Crippen molar-refractivity contribution in [3.05, 3.63) is 53.6 Å². The van der Waals surface area contributed by atoms with Gasteiger partial charge in [0.2, 0.25) is 0 Å². The molecule has 1 aliphatic heterocycles. The number of anilines is 3. The minimum atomic E-state index is -0.408. The minimum absolute atomic E-state index is 0.364. The van der Waals surface area contributed by atoms with Gasteiger partial charge in [-0.15, -0.1) is 0 Å². The van der Waals surface area contributed by atoms with Crippen LogP contribution in [0.3, 0.4) is 0 Å². The fourth-order valence-electron chi connectivity index (χ4n) is 3.61. The van der Waals surface area contributed by atoms with Crippen LogP contribution in [0.15, 0.2) is 42.5 Å². The summed E-state index contributed by atoms with van der Waals surface area (Å²) in [5, 5.41) is 2.84. The van der Waals surface area contributed by atoms with Gasteiger partial charge < -0.3 is 14.5 Å². The third kappa shape index (κ3) is 4.80. The van der Waals surface area contributed by atoms with Crippen molar-refractivity contribution in [3.63, 3.8) is 0 Å². The van der Waals surface area contributed by atoms with E-state index in [1.807, 2.05) is 13.0 Å². The first-order chi connectivity index (χ1) is 13.1. The summed E-state index contributed by atoms with van der Waals surface area (Å²) >= 11 is 0. The maximum absolute atomic E-state index is 11.8. The summed E-state index contributed by atoms with van der Waals surface area (Å²) in [6.07, 6.45) is 2.73. The van der Waals surface area contributed by atoms with E-state index in [4.69, 9.17) is 4.74 Å². The summed E-state index contributed by atoms with van der Waals surface area (Å²) < 4.78 is 5.02. The molecule has 5 nitrogen and oxygen atoms in total. The fourth-order valence-corrected chi connectivity index (χ4v) is 3.61. The lowest BCUT2D eigenvalue weighted by Gasteiger charge is -2.27. The molecule has 0 saturated heterocycles. The zero-order valence-electron chi connectivity index (χ0n) is 16.5. The molecule has 0 spiro atoms. The highest BCUT2D eigenvalue weighted by Crippen LogP contribution is 2.37. The first-order valence-corrected chi connectivity index (χ1v) is 9.79. The summed E-state index contributed by atoms with van der Waals surface area (Å²) in [5.41, 5.74) is 5.93. The maximum atomic E-state index is 11.8. The molecule has 5 heteroatoms. The minimum Gasteiger partial charge on any atom is -0.450 e. The van der Waals surface area contributed by atoms with Gasteiger partial charge in [0.15, 0.2) is 0 Å². The zero-order valence-corrected chi connectivity index (χ0v) is 16.5. The Balaban J connectivity index is 1.93. The van der Waals surface area contributed by atoms with Crippen LogP contribution >= 0.6 is 0 Å². The number of carbonyl (C=O) groups is 1. The van der Waals surface area contributed by atoms with Gasteiger partial charge in [0.05, 0.1) is 27.2 Å². The molecule has 0 saturated carbocycles. The van der Waals surface area contributed by atoms with Crippen LogP contribution in [0, 0.1) is 0 Å². The van der Waals surface area contributed by atoms with Crippen LogP contribution in [0.2, 0.25) is 0 Å². The Morgan fingerprint density at radius 1 is 1.11 bits per heavy atom. The van der Waals surface area contributed by atoms with E-state index in [1.54, 1.807) is 0 Å². The summed E-state index contributed by atoms with van der Waals surface area (Å²) in [4.78, 5) is 15.7. The normalized spacial score (nSPS) is 13.0. The molecule has 0 fully saturated rings. The van der Waals surface area contributed by atoms with E-state index in [-0.39, 0.29) is 0 Å². The fraction of sp³-hybridized carbons (Fsp3) is 0.409. The van der Waals surface area contributed by atoms with Crippen molar-refractivity contribution in [2.24, 2.45) is 0 Å². The maximum Gasteiger partial charge on any atom is 0.411 e. The Morgan fingerprint density at radius 2 is 1.85 bits per heavy atom. The number of nitrogens with one attached hydrogen (secondary N) is 2. The SMILES string of the molecule is CCOC(=O)Nc1ccc2c(c1)N(CCC[NH+](C)C)c1ccccc1CC2. The van der Waals surface area contributed by atoms with E-state index in [0.717, 1.165) is 38.0 Å². The molecule has 0 aromatic heterocycles. The number of ether oxygens (including phenoxy) is 1. The van der Waals surface area contributed by atoms with Gasteiger partial charge in [0.1, 0.15) is 0 Å². The molecule has 0 radical (unpaired) electrons. The van der Waals surface area contributed by atoms with Gasteiger partial charge in [0.25, 0.3) is 0 Å². The number of amides is 1. The summed E-state index contributed by atoms with van der Waals surface area (Å²) in [7, 11) is 4.37. The van der Waals surface area contributed by atoms with Crippen LogP contribution in [0.25, 0.3) is 0 Å². The smallest absolute Gasteiger partial charge is 0.411 e. The highest BCUT2D eigenvalue weighted by Gasteiger charge is 2.21. The van der Waals surface area contributed by atoms with Gasteiger partial charge in [-0.3, -0.25) is 5.32 Å². The molecule has 0 aliphatic carbocycles. The molecule has 2 aromatic carbocycles. The molecule has 27 heavy (non-hydrogen) atoms. The molecule has 2 aromatic rings. The van der Waals surface area contributed by atoms with Gasteiger partial charge in [-0.25, -0.2) is 4.79 Å². The van der Waals surface area contributed by atoms with Crippen LogP contribution in [-0.2, 0) is 17.6 Å². The van der Waals surface area contributed by atoms with Gasteiger partial charge in [0, 0.05) is 30.0 Å². The third-order valence-corrected chi connectivity index (χ3v) is 4.90. The van der Waals surface area contributed by atoms with Crippen molar-refractivity contribution in [1.29, 1.82) is 0 Å². The van der Waals surface area contributed by atoms with Crippen molar-refractivity contribution in [1.82, 2.24) is 0 Å². The van der Waals surface area contributed by atoms with Crippen LogP contribution < -0.4 is 15.1 Å². The van der Waals surface area contributed by atoms with E-state index in [0.29, 0.717) is 6.61 Å². The Kier molecular flexibility index (Phi) is 6.35. The predicted octanol–water partition coefficient (Wildman–Crippen LogP) is 3.03. The molecule has 3 rings (SSSR count). The van der Waals surface area contributed by atoms with E-state index in [1.165, 1.54) is 27.4 Å². The van der Waals surface area contributed by atoms with Gasteiger partial charge in [-0.1, -0.05) is 24.3 Å². The molecular weight excluding hydrogens is 338 g/mol. The van der Waals surface area contributed by atoms with Gasteiger partial charge in [-0.05, 0) is 49.1 Å². The molecule has 1 heterocycles. The number of rotatable bonds is 6. The standard InChI is InChI=1S/C22H29N3O2/c1-4-27-22(26)23-19-13-12-18-11-10-17-8-5-6-9-20(17)25(21(18)16-19)15-7-14-24(2)3/h5-6,8-9,12-13,16H,4,7,10-11,14-15H2,1-3H3,(H,23,26)/p+1. The molecule has 0 unspecified atom stereocenters. The van der Waals surface area contributed by atoms with Crippen LogP contribution in [-0.4, -0.2) is 39.9 Å². The first-order valence-electron chi connectivity index (χ1n) is 9.79. The zero-order chi connectivity index (χ0) is 19.2. The average molecular weight is 369 g/mol. The summed E-state index contributed by atoms with van der Waals surface area (Å²) in [6.45, 7) is 4.25. The summed E-state index contributed by atoms with van der Waals surface area (Å²) in [6, 6.07) is 14.8. The topological polar surface area (TPSA) is 46.0 Å². The number of quaternary nitrogens is 1. The van der Waals surface area contributed by atoms with Crippen molar-refractivity contribution in [2.75, 3.05) is 44.0 Å². The predicted molar refractivity (Wildman–Crippen MR) is 110 cm³/mol. The number of para-hydroxylation sites is 1. The number of hydrogen-bond acceptors (Lipinski definition) is 3. The van der Waals surface area contributed by atoms with E-state index >= 15 is 0 Å². The molecule has 144 valence electrons. The van der Waals surface area contributed by atoms with Crippen LogP contribution in [0.1, 0.15) is 24.5 Å². The number of hydrogen-bond donors (Lipinski definition) is 2. The second kappa shape index (κ2) is 8.91. The lowest BCUT2D eigenvalue weighted by Crippen LogP contribution is -3.05. The van der Waals surface area contributed by atoms with E-state index in [2.05, 4.69) is 60.7 Å². The number of carbonyl (C=O) groups excluding carboxylic acids is 1. The van der Waals surface area contributed by atoms with Crippen LogP contribution in [0.5, 0.6) is 0 Å². The number of nitrogens with zero attached hydrogens (tertiary/aromatic N) is 1. The van der Waals surface area contributed by atoms with Crippen molar-refractivity contribution in [3.8, 4) is 0 Å². The van der Waals surface area contributed by atoms with E-state index < -0.39 is 6.09 Å². The molecule has 0 bridgehead atoms. The average Bonchev–Trinajstić information content (AvgIpc) is 2.79. The number of fused-ring (bicyclic) bond motifs is 2. The molecule has 2 N–H and O–H groups in total. The first kappa shape index (κ1) is 19.2. The second-order valence-electron chi connectivity index (χ2n) is 7.28. The van der Waals surface area contributed by atoms with Crippen LogP contribution in [0.4, 0.5) is 21.9 Å². The van der Waals surface area contributed by atoms with Crippen molar-refractivity contribution >= 4 is 23.2 Å².